The van der Waals surface area contributed by atoms with Crippen LogP contribution in [0.3, 0.4) is 0 Å². The maximum Gasteiger partial charge on any atom is 0.241 e. The van der Waals surface area contributed by atoms with Gasteiger partial charge in [-0.2, -0.15) is 0 Å². The molecular formula is C18H26FN3O2S2+2. The number of hydrogen-bond acceptors (Lipinski definition) is 3. The van der Waals surface area contributed by atoms with Gasteiger partial charge in [-0.1, -0.05) is 6.07 Å². The van der Waals surface area contributed by atoms with Gasteiger partial charge in [0.1, 0.15) is 38.0 Å². The van der Waals surface area contributed by atoms with Crippen LogP contribution >= 0.6 is 11.3 Å². The molecule has 0 radical (unpaired) electrons. The molecule has 3 rings (SSSR count). The van der Waals surface area contributed by atoms with E-state index in [1.54, 1.807) is 11.3 Å². The number of hydrogen-bond donors (Lipinski definition) is 3. The second-order valence-corrected chi connectivity index (χ2v) is 9.67. The molecule has 2 atom stereocenters. The molecule has 0 spiro atoms. The summed E-state index contributed by atoms with van der Waals surface area (Å²) < 4.78 is 41.4. The van der Waals surface area contributed by atoms with Crippen molar-refractivity contribution in [2.75, 3.05) is 33.2 Å². The summed E-state index contributed by atoms with van der Waals surface area (Å²) in [7, 11) is -1.50. The van der Waals surface area contributed by atoms with E-state index in [0.717, 1.165) is 26.2 Å². The molecule has 1 aromatic carbocycles. The van der Waals surface area contributed by atoms with Gasteiger partial charge < -0.3 is 9.80 Å². The first-order valence-electron chi connectivity index (χ1n) is 8.84. The van der Waals surface area contributed by atoms with E-state index < -0.39 is 15.8 Å². The van der Waals surface area contributed by atoms with Crippen molar-refractivity contribution in [2.45, 2.75) is 23.9 Å². The first kappa shape index (κ1) is 19.4. The van der Waals surface area contributed by atoms with E-state index >= 15 is 0 Å². The predicted molar refractivity (Wildman–Crippen MR) is 101 cm³/mol. The van der Waals surface area contributed by atoms with Crippen molar-refractivity contribution < 1.29 is 22.6 Å². The third-order valence-electron chi connectivity index (χ3n) is 5.00. The molecule has 0 amide bonds. The van der Waals surface area contributed by atoms with Gasteiger partial charge in [0.15, 0.2) is 0 Å². The van der Waals surface area contributed by atoms with Crippen LogP contribution in [0, 0.1) is 5.82 Å². The number of likely N-dealkylation sites (N-methyl/N-ethyl adjacent to an activating group) is 1. The summed E-state index contributed by atoms with van der Waals surface area (Å²) >= 11 is 1.67. The smallest absolute Gasteiger partial charge is 0.241 e. The number of nitrogens with one attached hydrogen (secondary N) is 3. The minimum atomic E-state index is -3.69. The molecule has 1 aliphatic rings. The van der Waals surface area contributed by atoms with E-state index in [1.165, 1.54) is 38.9 Å². The lowest BCUT2D eigenvalue weighted by molar-refractivity contribution is -1.02. The predicted octanol–water partition coefficient (Wildman–Crippen LogP) is -0.291. The zero-order valence-corrected chi connectivity index (χ0v) is 16.7. The molecule has 1 aromatic heterocycles. The molecule has 2 aromatic rings. The second kappa shape index (κ2) is 8.14. The lowest BCUT2D eigenvalue weighted by atomic mass is 10.1. The Hall–Kier alpha value is -1.32. The molecule has 3 N–H and O–H groups in total. The fraction of sp³-hybridized carbons (Fsp3) is 0.444. The number of rotatable bonds is 6. The molecule has 0 saturated carbocycles. The van der Waals surface area contributed by atoms with Gasteiger partial charge >= 0.3 is 0 Å². The molecule has 0 aliphatic carbocycles. The van der Waals surface area contributed by atoms with Crippen molar-refractivity contribution in [1.29, 1.82) is 0 Å². The Morgan fingerprint density at radius 1 is 1.12 bits per heavy atom. The summed E-state index contributed by atoms with van der Waals surface area (Å²) in [5.74, 6) is -0.446. The monoisotopic (exact) mass is 399 g/mol. The maximum absolute atomic E-state index is 13.1. The van der Waals surface area contributed by atoms with Crippen molar-refractivity contribution in [2.24, 2.45) is 0 Å². The number of sulfonamides is 1. The summed E-state index contributed by atoms with van der Waals surface area (Å²) in [6.07, 6.45) is 0. The molecule has 0 bridgehead atoms. The summed E-state index contributed by atoms with van der Waals surface area (Å²) in [5, 5.41) is 2.03. The van der Waals surface area contributed by atoms with Crippen molar-refractivity contribution in [1.82, 2.24) is 4.72 Å². The zero-order chi connectivity index (χ0) is 18.7. The number of quaternary nitrogens is 2. The highest BCUT2D eigenvalue weighted by Gasteiger charge is 2.36. The van der Waals surface area contributed by atoms with Crippen LogP contribution in [0.4, 0.5) is 4.39 Å². The molecule has 8 heteroatoms. The average Bonchev–Trinajstić information content (AvgIpc) is 3.11. The highest BCUT2D eigenvalue weighted by Crippen LogP contribution is 2.21. The molecule has 1 aliphatic heterocycles. The molecule has 26 heavy (non-hydrogen) atoms. The lowest BCUT2D eigenvalue weighted by Gasteiger charge is -2.35. The molecule has 1 fully saturated rings. The van der Waals surface area contributed by atoms with Crippen LogP contribution in [0.2, 0.25) is 0 Å². The summed E-state index contributed by atoms with van der Waals surface area (Å²) in [6, 6.07) is 8.84. The molecule has 2 heterocycles. The van der Waals surface area contributed by atoms with Crippen molar-refractivity contribution >= 4 is 21.4 Å². The van der Waals surface area contributed by atoms with E-state index in [4.69, 9.17) is 0 Å². The zero-order valence-electron chi connectivity index (χ0n) is 15.0. The fourth-order valence-electron chi connectivity index (χ4n) is 3.57. The van der Waals surface area contributed by atoms with Gasteiger partial charge in [0.25, 0.3) is 0 Å². The third kappa shape index (κ3) is 4.50. The molecular weight excluding hydrogens is 373 g/mol. The molecule has 0 unspecified atom stereocenters. The summed E-state index contributed by atoms with van der Waals surface area (Å²) in [5.41, 5.74) is 0. The maximum atomic E-state index is 13.1. The van der Waals surface area contributed by atoms with Crippen LogP contribution < -0.4 is 14.5 Å². The fourth-order valence-corrected chi connectivity index (χ4v) is 5.82. The highest BCUT2D eigenvalue weighted by molar-refractivity contribution is 7.89. The minimum Gasteiger partial charge on any atom is -0.328 e. The summed E-state index contributed by atoms with van der Waals surface area (Å²) in [4.78, 5) is 4.20. The van der Waals surface area contributed by atoms with Crippen molar-refractivity contribution in [3.63, 3.8) is 0 Å². The van der Waals surface area contributed by atoms with Crippen LogP contribution in [0.1, 0.15) is 17.8 Å². The van der Waals surface area contributed by atoms with E-state index in [9.17, 15) is 12.8 Å². The summed E-state index contributed by atoms with van der Waals surface area (Å²) in [6.45, 7) is 6.10. The van der Waals surface area contributed by atoms with Crippen molar-refractivity contribution in [3.8, 4) is 0 Å². The van der Waals surface area contributed by atoms with Gasteiger partial charge in [0.2, 0.25) is 10.0 Å². The van der Waals surface area contributed by atoms with Gasteiger partial charge in [-0.05, 0) is 42.6 Å². The normalized spacial score (nSPS) is 23.5. The number of thiophene rings is 1. The Bertz CT molecular complexity index is 801. The van der Waals surface area contributed by atoms with Crippen LogP contribution in [-0.4, -0.2) is 47.7 Å². The van der Waals surface area contributed by atoms with Gasteiger partial charge in [0.05, 0.1) is 22.9 Å². The van der Waals surface area contributed by atoms with E-state index in [-0.39, 0.29) is 17.0 Å². The van der Waals surface area contributed by atoms with Gasteiger partial charge in [-0.3, -0.25) is 0 Å². The molecule has 142 valence electrons. The Labute approximate surface area is 158 Å². The van der Waals surface area contributed by atoms with Gasteiger partial charge in [-0.25, -0.2) is 17.5 Å². The van der Waals surface area contributed by atoms with Gasteiger partial charge in [0, 0.05) is 0 Å². The molecule has 5 nitrogen and oxygen atoms in total. The third-order valence-corrected chi connectivity index (χ3v) is 7.53. The lowest BCUT2D eigenvalue weighted by Crippen LogP contribution is -3.27. The van der Waals surface area contributed by atoms with Crippen LogP contribution in [-0.2, 0) is 10.0 Å². The van der Waals surface area contributed by atoms with Crippen LogP contribution in [0.5, 0.6) is 0 Å². The largest absolute Gasteiger partial charge is 0.328 e. The highest BCUT2D eigenvalue weighted by atomic mass is 32.2. The Balaban J connectivity index is 1.81. The molecule has 1 saturated heterocycles. The number of halogens is 1. The second-order valence-electron chi connectivity index (χ2n) is 6.97. The Kier molecular flexibility index (Phi) is 6.09. The van der Waals surface area contributed by atoms with E-state index in [0.29, 0.717) is 0 Å². The van der Waals surface area contributed by atoms with Crippen LogP contribution in [0.15, 0.2) is 46.7 Å². The number of piperazine rings is 1. The van der Waals surface area contributed by atoms with Crippen LogP contribution in [0.25, 0.3) is 0 Å². The first-order valence-corrected chi connectivity index (χ1v) is 11.2. The topological polar surface area (TPSA) is 55.0 Å². The van der Waals surface area contributed by atoms with E-state index in [1.807, 2.05) is 18.4 Å². The minimum absolute atomic E-state index is 0.0679. The average molecular weight is 400 g/mol. The SMILES string of the molecule is C[C@@H](NS(=O)(=O)c1ccc(F)cc1)[C@H](c1cccs1)[NH+]1CC[NH+](C)CC1. The first-order chi connectivity index (χ1) is 12.4. The van der Waals surface area contributed by atoms with E-state index in [2.05, 4.69) is 17.8 Å². The Morgan fingerprint density at radius 2 is 1.77 bits per heavy atom. The number of benzene rings is 1. The van der Waals surface area contributed by atoms with Gasteiger partial charge in [-0.15, -0.1) is 11.3 Å². The quantitative estimate of drug-likeness (QED) is 0.625. The standard InChI is InChI=1S/C18H24FN3O2S2/c1-14(20-26(23,24)16-7-5-15(19)6-8-16)18(17-4-3-13-25-17)22-11-9-21(2)10-12-22/h3-8,13-14,18,20H,9-12H2,1-2H3/p+2/t14-,18-/m1/s1. The van der Waals surface area contributed by atoms with Crippen molar-refractivity contribution in [3.05, 3.63) is 52.5 Å². The Morgan fingerprint density at radius 3 is 2.35 bits per heavy atom.